The zero-order valence-electron chi connectivity index (χ0n) is 15.4. The molecule has 0 heterocycles. The van der Waals surface area contributed by atoms with Gasteiger partial charge in [0, 0.05) is 5.73 Å². The van der Waals surface area contributed by atoms with E-state index < -0.39 is 8.07 Å². The Labute approximate surface area is 144 Å². The van der Waals surface area contributed by atoms with Crippen molar-refractivity contribution in [2.45, 2.75) is 70.5 Å². The van der Waals surface area contributed by atoms with E-state index >= 15 is 0 Å². The second-order valence-corrected chi connectivity index (χ2v) is 12.7. The van der Waals surface area contributed by atoms with E-state index in [-0.39, 0.29) is 6.10 Å². The summed E-state index contributed by atoms with van der Waals surface area (Å²) >= 11 is 0. The Morgan fingerprint density at radius 1 is 1.13 bits per heavy atom. The fraction of sp³-hybridized carbons (Fsp3) is 0.524. The molecule has 0 saturated heterocycles. The Hall–Kier alpha value is -1.12. The van der Waals surface area contributed by atoms with E-state index in [2.05, 4.69) is 69.6 Å². The summed E-state index contributed by atoms with van der Waals surface area (Å²) in [5.41, 5.74) is 1.64. The SMILES string of the molecule is C=CC[C@@H](/C=C/c1ccccc1)O[C@H](CCCCC)[Si](C)(C)C. The van der Waals surface area contributed by atoms with Crippen LogP contribution in [0.1, 0.15) is 44.6 Å². The van der Waals surface area contributed by atoms with Crippen molar-refractivity contribution in [3.8, 4) is 0 Å². The van der Waals surface area contributed by atoms with Crippen molar-refractivity contribution in [1.29, 1.82) is 0 Å². The molecule has 2 heteroatoms. The molecule has 0 fully saturated rings. The van der Waals surface area contributed by atoms with Gasteiger partial charge in [-0.3, -0.25) is 0 Å². The third-order valence-corrected chi connectivity index (χ3v) is 6.43. The molecule has 0 N–H and O–H groups in total. The van der Waals surface area contributed by atoms with Gasteiger partial charge in [-0.15, -0.1) is 6.58 Å². The summed E-state index contributed by atoms with van der Waals surface area (Å²) in [4.78, 5) is 0. The molecule has 1 aromatic rings. The number of unbranched alkanes of at least 4 members (excludes halogenated alkanes) is 2. The van der Waals surface area contributed by atoms with Gasteiger partial charge in [0.25, 0.3) is 0 Å². The Bertz CT molecular complexity index is 458. The fourth-order valence-electron chi connectivity index (χ4n) is 2.62. The van der Waals surface area contributed by atoms with Crippen molar-refractivity contribution < 1.29 is 4.74 Å². The van der Waals surface area contributed by atoms with Gasteiger partial charge >= 0.3 is 0 Å². The van der Waals surface area contributed by atoms with Crippen LogP contribution >= 0.6 is 0 Å². The minimum Gasteiger partial charge on any atom is -0.374 e. The molecule has 0 radical (unpaired) electrons. The van der Waals surface area contributed by atoms with Crippen LogP contribution in [0.4, 0.5) is 0 Å². The van der Waals surface area contributed by atoms with Gasteiger partial charge in [0.2, 0.25) is 0 Å². The van der Waals surface area contributed by atoms with Crippen LogP contribution in [-0.2, 0) is 4.74 Å². The molecule has 2 atom stereocenters. The highest BCUT2D eigenvalue weighted by atomic mass is 28.3. The monoisotopic (exact) mass is 330 g/mol. The quantitative estimate of drug-likeness (QED) is 0.256. The van der Waals surface area contributed by atoms with Gasteiger partial charge in [0.05, 0.1) is 14.2 Å². The van der Waals surface area contributed by atoms with E-state index in [0.29, 0.717) is 5.73 Å². The molecule has 0 amide bonds. The van der Waals surface area contributed by atoms with Crippen LogP contribution < -0.4 is 0 Å². The van der Waals surface area contributed by atoms with Crippen LogP contribution in [0.5, 0.6) is 0 Å². The van der Waals surface area contributed by atoms with Crippen LogP contribution in [0.15, 0.2) is 49.1 Å². The first-order valence-corrected chi connectivity index (χ1v) is 12.5. The van der Waals surface area contributed by atoms with Crippen LogP contribution in [0.2, 0.25) is 19.6 Å². The molecule has 23 heavy (non-hydrogen) atoms. The number of benzene rings is 1. The summed E-state index contributed by atoms with van der Waals surface area (Å²) in [5.74, 6) is 0. The van der Waals surface area contributed by atoms with Crippen molar-refractivity contribution in [3.63, 3.8) is 0 Å². The first kappa shape index (κ1) is 19.9. The second-order valence-electron chi connectivity index (χ2n) is 7.32. The molecule has 128 valence electrons. The normalized spacial score (nSPS) is 14.8. The summed E-state index contributed by atoms with van der Waals surface area (Å²) in [5, 5.41) is 0. The van der Waals surface area contributed by atoms with Crippen molar-refractivity contribution in [2.24, 2.45) is 0 Å². The zero-order valence-corrected chi connectivity index (χ0v) is 16.4. The lowest BCUT2D eigenvalue weighted by molar-refractivity contribution is 0.0505. The number of hydrogen-bond donors (Lipinski definition) is 0. The van der Waals surface area contributed by atoms with E-state index in [4.69, 9.17) is 4.74 Å². The molecule has 0 aromatic heterocycles. The molecular formula is C21H34OSi. The Morgan fingerprint density at radius 3 is 2.39 bits per heavy atom. The second kappa shape index (κ2) is 10.6. The summed E-state index contributed by atoms with van der Waals surface area (Å²) in [6.45, 7) is 13.4. The molecule has 1 rings (SSSR count). The molecular weight excluding hydrogens is 296 g/mol. The highest BCUT2D eigenvalue weighted by Crippen LogP contribution is 2.22. The van der Waals surface area contributed by atoms with E-state index in [9.17, 15) is 0 Å². The van der Waals surface area contributed by atoms with Gasteiger partial charge < -0.3 is 4.74 Å². The molecule has 1 aromatic carbocycles. The molecule has 0 aliphatic carbocycles. The summed E-state index contributed by atoms with van der Waals surface area (Å²) < 4.78 is 6.53. The van der Waals surface area contributed by atoms with Crippen molar-refractivity contribution in [1.82, 2.24) is 0 Å². The number of hydrogen-bond acceptors (Lipinski definition) is 1. The van der Waals surface area contributed by atoms with Gasteiger partial charge in [-0.1, -0.05) is 94.4 Å². The maximum Gasteiger partial charge on any atom is 0.0792 e. The minimum atomic E-state index is -1.33. The van der Waals surface area contributed by atoms with Crippen LogP contribution in [0, 0.1) is 0 Å². The lowest BCUT2D eigenvalue weighted by Crippen LogP contribution is -2.42. The van der Waals surface area contributed by atoms with Gasteiger partial charge in [0.15, 0.2) is 0 Å². The van der Waals surface area contributed by atoms with E-state index in [0.717, 1.165) is 6.42 Å². The predicted molar refractivity (Wildman–Crippen MR) is 106 cm³/mol. The number of rotatable bonds is 11. The molecule has 0 unspecified atom stereocenters. The average Bonchev–Trinajstić information content (AvgIpc) is 2.52. The van der Waals surface area contributed by atoms with Gasteiger partial charge in [-0.2, -0.15) is 0 Å². The Kier molecular flexibility index (Phi) is 9.19. The lowest BCUT2D eigenvalue weighted by atomic mass is 10.1. The van der Waals surface area contributed by atoms with Crippen LogP contribution in [-0.4, -0.2) is 19.9 Å². The predicted octanol–water partition coefficient (Wildman–Crippen LogP) is 6.49. The first-order valence-electron chi connectivity index (χ1n) is 8.97. The van der Waals surface area contributed by atoms with Gasteiger partial charge in [0.1, 0.15) is 0 Å². The summed E-state index contributed by atoms with van der Waals surface area (Å²) in [6, 6.07) is 10.4. The van der Waals surface area contributed by atoms with Crippen LogP contribution in [0.3, 0.4) is 0 Å². The van der Waals surface area contributed by atoms with E-state index in [1.807, 2.05) is 12.1 Å². The topological polar surface area (TPSA) is 9.23 Å². The highest BCUT2D eigenvalue weighted by molar-refractivity contribution is 6.77. The Balaban J connectivity index is 2.73. The maximum absolute atomic E-state index is 6.53. The zero-order chi connectivity index (χ0) is 17.1. The largest absolute Gasteiger partial charge is 0.374 e. The maximum atomic E-state index is 6.53. The van der Waals surface area contributed by atoms with E-state index in [1.165, 1.54) is 31.2 Å². The lowest BCUT2D eigenvalue weighted by Gasteiger charge is -2.32. The minimum absolute atomic E-state index is 0.131. The number of ether oxygens (including phenoxy) is 1. The van der Waals surface area contributed by atoms with Crippen LogP contribution in [0.25, 0.3) is 6.08 Å². The molecule has 0 aliphatic rings. The van der Waals surface area contributed by atoms with Gasteiger partial charge in [-0.25, -0.2) is 0 Å². The molecule has 0 saturated carbocycles. The fourth-order valence-corrected chi connectivity index (χ4v) is 4.28. The Morgan fingerprint density at radius 2 is 1.83 bits per heavy atom. The third kappa shape index (κ3) is 8.33. The smallest absolute Gasteiger partial charge is 0.0792 e. The average molecular weight is 331 g/mol. The van der Waals surface area contributed by atoms with Crippen molar-refractivity contribution in [3.05, 3.63) is 54.6 Å². The highest BCUT2D eigenvalue weighted by Gasteiger charge is 2.28. The standard InChI is InChI=1S/C21H34OSi/c1-6-8-10-16-21(23(3,4)5)22-20(13-7-2)18-17-19-14-11-9-12-15-19/h7,9,11-12,14-15,17-18,20-21H,2,6,8,10,13,16H2,1,3-5H3/b18-17+/t20-,21-/m0/s1. The van der Waals surface area contributed by atoms with Crippen molar-refractivity contribution in [2.75, 3.05) is 0 Å². The molecule has 1 nitrogen and oxygen atoms in total. The summed E-state index contributed by atoms with van der Waals surface area (Å²) in [6.07, 6.45) is 12.4. The van der Waals surface area contributed by atoms with E-state index in [1.54, 1.807) is 0 Å². The van der Waals surface area contributed by atoms with Gasteiger partial charge in [-0.05, 0) is 18.4 Å². The molecule has 0 bridgehead atoms. The molecule has 0 aliphatic heterocycles. The first-order chi connectivity index (χ1) is 11.0. The third-order valence-electron chi connectivity index (χ3n) is 4.08. The van der Waals surface area contributed by atoms with Crippen molar-refractivity contribution >= 4 is 14.1 Å². The summed E-state index contributed by atoms with van der Waals surface area (Å²) in [7, 11) is -1.33. The molecule has 0 spiro atoms.